The van der Waals surface area contributed by atoms with Gasteiger partial charge in [0.25, 0.3) is 0 Å². The van der Waals surface area contributed by atoms with E-state index in [1.807, 2.05) is 30.3 Å². The van der Waals surface area contributed by atoms with Crippen molar-refractivity contribution in [2.75, 3.05) is 5.73 Å². The van der Waals surface area contributed by atoms with Crippen LogP contribution in [0.15, 0.2) is 30.3 Å². The maximum absolute atomic E-state index is 5.36. The lowest BCUT2D eigenvalue weighted by atomic mass is 10.3. The highest BCUT2D eigenvalue weighted by molar-refractivity contribution is 8.20. The number of nitrogen functional groups attached to an aromatic ring is 1. The summed E-state index contributed by atoms with van der Waals surface area (Å²) in [6.45, 7) is 0. The van der Waals surface area contributed by atoms with Gasteiger partial charge in [0.1, 0.15) is 0 Å². The monoisotopic (exact) mass is 229 g/mol. The Morgan fingerprint density at radius 1 is 1.00 bits per heavy atom. The van der Waals surface area contributed by atoms with Crippen molar-refractivity contribution in [1.29, 1.82) is 0 Å². The summed E-state index contributed by atoms with van der Waals surface area (Å²) in [7, 11) is 0. The van der Waals surface area contributed by atoms with E-state index in [1.54, 1.807) is 0 Å². The first-order chi connectivity index (χ1) is 5.13. The zero-order valence-corrected chi connectivity index (χ0v) is 8.71. The van der Waals surface area contributed by atoms with Crippen molar-refractivity contribution in [3.05, 3.63) is 30.3 Å². The Balaban J connectivity index is 0.000000218. The summed E-state index contributed by atoms with van der Waals surface area (Å²) in [4.78, 5) is 0. The lowest BCUT2D eigenvalue weighted by molar-refractivity contribution is 1.69. The van der Waals surface area contributed by atoms with Gasteiger partial charge in [0.2, 0.25) is 0 Å². The molecule has 0 saturated heterocycles. The number of hydrogen-bond donors (Lipinski definition) is 1. The molecular formula is C6H7Cl3NP. The van der Waals surface area contributed by atoms with E-state index < -0.39 is 5.98 Å². The Labute approximate surface area is 81.6 Å². The van der Waals surface area contributed by atoms with Gasteiger partial charge in [-0.15, -0.1) is 0 Å². The molecule has 5 heteroatoms. The van der Waals surface area contributed by atoms with E-state index in [-0.39, 0.29) is 0 Å². The molecule has 62 valence electrons. The van der Waals surface area contributed by atoms with Gasteiger partial charge in [-0.2, -0.15) is 0 Å². The number of para-hydroxylation sites is 1. The summed E-state index contributed by atoms with van der Waals surface area (Å²) in [6, 6.07) is 9.49. The molecule has 0 unspecified atom stereocenters. The molecule has 0 radical (unpaired) electrons. The summed E-state index contributed by atoms with van der Waals surface area (Å²) in [5.74, 6) is -1.20. The maximum atomic E-state index is 5.36. The molecule has 1 rings (SSSR count). The number of benzene rings is 1. The van der Waals surface area contributed by atoms with Crippen LogP contribution in [-0.2, 0) is 0 Å². The van der Waals surface area contributed by atoms with Crippen molar-refractivity contribution < 1.29 is 0 Å². The molecule has 0 spiro atoms. The molecule has 0 aliphatic carbocycles. The quantitative estimate of drug-likeness (QED) is 0.525. The van der Waals surface area contributed by atoms with Crippen molar-refractivity contribution in [3.63, 3.8) is 0 Å². The molecule has 0 atom stereocenters. The van der Waals surface area contributed by atoms with Gasteiger partial charge in [0, 0.05) is 5.69 Å². The minimum absolute atomic E-state index is 0.822. The second-order valence-corrected chi connectivity index (χ2v) is 6.59. The zero-order valence-electron chi connectivity index (χ0n) is 5.55. The van der Waals surface area contributed by atoms with Crippen LogP contribution in [0.3, 0.4) is 0 Å². The molecule has 0 fully saturated rings. The highest BCUT2D eigenvalue weighted by Gasteiger charge is 1.80. The fraction of sp³-hybridized carbons (Fsp3) is 0. The molecule has 0 aliphatic rings. The highest BCUT2D eigenvalue weighted by atomic mass is 36.0. The van der Waals surface area contributed by atoms with E-state index >= 15 is 0 Å². The molecule has 1 aromatic rings. The minimum Gasteiger partial charge on any atom is -0.399 e. The van der Waals surface area contributed by atoms with E-state index in [9.17, 15) is 0 Å². The van der Waals surface area contributed by atoms with Crippen molar-refractivity contribution in [2.24, 2.45) is 0 Å². The van der Waals surface area contributed by atoms with E-state index in [4.69, 9.17) is 39.5 Å². The van der Waals surface area contributed by atoms with Gasteiger partial charge in [0.05, 0.1) is 0 Å². The van der Waals surface area contributed by atoms with E-state index in [0.717, 1.165) is 5.69 Å². The third kappa shape index (κ3) is 10.3. The van der Waals surface area contributed by atoms with Gasteiger partial charge in [-0.25, -0.2) is 0 Å². The van der Waals surface area contributed by atoms with Gasteiger partial charge in [-0.05, 0) is 12.1 Å². The average molecular weight is 230 g/mol. The molecule has 2 N–H and O–H groups in total. The molecule has 1 aromatic carbocycles. The summed E-state index contributed by atoms with van der Waals surface area (Å²) >= 11 is 14.6. The Morgan fingerprint density at radius 2 is 1.36 bits per heavy atom. The van der Waals surface area contributed by atoms with Crippen molar-refractivity contribution in [2.45, 2.75) is 0 Å². The van der Waals surface area contributed by atoms with Crippen molar-refractivity contribution >= 4 is 45.4 Å². The number of nitrogens with two attached hydrogens (primary N) is 1. The van der Waals surface area contributed by atoms with Crippen LogP contribution in [-0.4, -0.2) is 0 Å². The first-order valence-corrected chi connectivity index (χ1v) is 6.76. The lowest BCUT2D eigenvalue weighted by Crippen LogP contribution is -1.79. The number of rotatable bonds is 0. The fourth-order valence-electron chi connectivity index (χ4n) is 0.453. The van der Waals surface area contributed by atoms with Crippen LogP contribution in [0.4, 0.5) is 5.69 Å². The molecule has 0 saturated carbocycles. The van der Waals surface area contributed by atoms with Crippen molar-refractivity contribution in [3.8, 4) is 0 Å². The van der Waals surface area contributed by atoms with E-state index in [2.05, 4.69) is 0 Å². The van der Waals surface area contributed by atoms with Gasteiger partial charge in [-0.1, -0.05) is 51.9 Å². The van der Waals surface area contributed by atoms with Crippen LogP contribution in [0, 0.1) is 0 Å². The molecule has 0 aliphatic heterocycles. The van der Waals surface area contributed by atoms with E-state index in [1.165, 1.54) is 0 Å². The van der Waals surface area contributed by atoms with Crippen LogP contribution in [0.25, 0.3) is 0 Å². The summed E-state index contributed by atoms with van der Waals surface area (Å²) < 4.78 is 0. The zero-order chi connectivity index (χ0) is 8.69. The Hall–Kier alpha value is 0.320. The number of anilines is 1. The standard InChI is InChI=1S/C6H7N.Cl3P/c7-6-4-2-1-3-5-6;1-4(2)3/h1-5H,7H2;. The van der Waals surface area contributed by atoms with Crippen LogP contribution in [0.1, 0.15) is 0 Å². The molecule has 1 nitrogen and oxygen atoms in total. The van der Waals surface area contributed by atoms with Crippen LogP contribution in [0.2, 0.25) is 0 Å². The third-order valence-electron chi connectivity index (χ3n) is 0.800. The maximum Gasteiger partial charge on any atom is 0.179 e. The van der Waals surface area contributed by atoms with Gasteiger partial charge in [-0.3, -0.25) is 0 Å². The predicted octanol–water partition coefficient (Wildman–Crippen LogP) is 4.20. The molecule has 0 bridgehead atoms. The summed E-state index contributed by atoms with van der Waals surface area (Å²) in [6.07, 6.45) is 0. The van der Waals surface area contributed by atoms with Crippen LogP contribution in [0.5, 0.6) is 0 Å². The summed E-state index contributed by atoms with van der Waals surface area (Å²) in [5.41, 5.74) is 6.18. The normalized spacial score (nSPS) is 8.73. The van der Waals surface area contributed by atoms with Gasteiger partial charge >= 0.3 is 0 Å². The highest BCUT2D eigenvalue weighted by Crippen LogP contribution is 2.51. The Bertz CT molecular complexity index is 178. The molecule has 0 aromatic heterocycles. The number of halogens is 3. The SMILES string of the molecule is ClP(Cl)Cl.Nc1ccccc1. The van der Waals surface area contributed by atoms with Crippen LogP contribution < -0.4 is 5.73 Å². The molecule has 0 heterocycles. The second kappa shape index (κ2) is 7.00. The largest absolute Gasteiger partial charge is 0.399 e. The smallest absolute Gasteiger partial charge is 0.179 e. The Morgan fingerprint density at radius 3 is 1.55 bits per heavy atom. The topological polar surface area (TPSA) is 26.0 Å². The molecular weight excluding hydrogens is 223 g/mol. The molecule has 11 heavy (non-hydrogen) atoms. The first kappa shape index (κ1) is 11.3. The fourth-order valence-corrected chi connectivity index (χ4v) is 0.453. The Kier molecular flexibility index (Phi) is 7.20. The molecule has 0 amide bonds. The predicted molar refractivity (Wildman–Crippen MR) is 55.3 cm³/mol. The van der Waals surface area contributed by atoms with Gasteiger partial charge < -0.3 is 5.73 Å². The third-order valence-corrected chi connectivity index (χ3v) is 0.800. The minimum atomic E-state index is -1.20. The van der Waals surface area contributed by atoms with Gasteiger partial charge in [0.15, 0.2) is 5.98 Å². The lowest BCUT2D eigenvalue weighted by Gasteiger charge is -1.83. The van der Waals surface area contributed by atoms with Crippen LogP contribution >= 0.6 is 39.7 Å². The first-order valence-electron chi connectivity index (χ1n) is 2.71. The number of hydrogen-bond acceptors (Lipinski definition) is 1. The average Bonchev–Trinajstić information content (AvgIpc) is 1.87. The summed E-state index contributed by atoms with van der Waals surface area (Å²) in [5, 5.41) is 0. The van der Waals surface area contributed by atoms with E-state index in [0.29, 0.717) is 0 Å². The second-order valence-electron chi connectivity index (χ2n) is 1.60. The van der Waals surface area contributed by atoms with Crippen molar-refractivity contribution in [1.82, 2.24) is 0 Å².